The summed E-state index contributed by atoms with van der Waals surface area (Å²) in [6, 6.07) is 5.47. The van der Waals surface area contributed by atoms with Crippen LogP contribution in [-0.2, 0) is 32.5 Å². The van der Waals surface area contributed by atoms with Crippen molar-refractivity contribution >= 4 is 21.8 Å². The van der Waals surface area contributed by atoms with Crippen molar-refractivity contribution in [3.63, 3.8) is 0 Å². The van der Waals surface area contributed by atoms with Crippen LogP contribution in [0, 0.1) is 11.8 Å². The number of amides is 2. The van der Waals surface area contributed by atoms with E-state index in [2.05, 4.69) is 10.9 Å². The second kappa shape index (κ2) is 8.61. The largest absolute Gasteiger partial charge is 0.273 e. The van der Waals surface area contributed by atoms with Crippen LogP contribution in [0.15, 0.2) is 23.1 Å². The summed E-state index contributed by atoms with van der Waals surface area (Å²) in [5.41, 5.74) is 7.25. The first-order valence-corrected chi connectivity index (χ1v) is 11.4. The van der Waals surface area contributed by atoms with Crippen molar-refractivity contribution in [2.75, 3.05) is 13.1 Å². The van der Waals surface area contributed by atoms with Crippen LogP contribution >= 0.6 is 0 Å². The van der Waals surface area contributed by atoms with E-state index in [0.29, 0.717) is 30.8 Å². The van der Waals surface area contributed by atoms with Gasteiger partial charge in [0.25, 0.3) is 0 Å². The number of carbonyl (C=O) groups is 2. The SMILES string of the molecule is CC(C)C(=O)NNC(=O)C1CCN(S(=O)(=O)c2ccc3c(c2)CCCC3)CC1. The molecule has 154 valence electrons. The van der Waals surface area contributed by atoms with Crippen molar-refractivity contribution in [2.45, 2.75) is 57.3 Å². The first kappa shape index (κ1) is 20.8. The Balaban J connectivity index is 1.59. The molecule has 2 N–H and O–H groups in total. The quantitative estimate of drug-likeness (QED) is 0.744. The van der Waals surface area contributed by atoms with Gasteiger partial charge in [0, 0.05) is 24.9 Å². The molecule has 0 saturated carbocycles. The van der Waals surface area contributed by atoms with E-state index in [0.717, 1.165) is 31.2 Å². The molecule has 1 aliphatic heterocycles. The molecule has 7 nitrogen and oxygen atoms in total. The van der Waals surface area contributed by atoms with Gasteiger partial charge in [-0.3, -0.25) is 20.4 Å². The lowest BCUT2D eigenvalue weighted by atomic mass is 9.92. The maximum absolute atomic E-state index is 13.0. The zero-order valence-corrected chi connectivity index (χ0v) is 17.3. The third-order valence-corrected chi connectivity index (χ3v) is 7.51. The summed E-state index contributed by atoms with van der Waals surface area (Å²) in [5, 5.41) is 0. The van der Waals surface area contributed by atoms with Crippen LogP contribution in [0.5, 0.6) is 0 Å². The molecule has 8 heteroatoms. The summed E-state index contributed by atoms with van der Waals surface area (Å²) in [4.78, 5) is 24.1. The number of aryl methyl sites for hydroxylation is 2. The topological polar surface area (TPSA) is 95.6 Å². The summed E-state index contributed by atoms with van der Waals surface area (Å²) in [6.45, 7) is 4.09. The summed E-state index contributed by atoms with van der Waals surface area (Å²) < 4.78 is 27.5. The van der Waals surface area contributed by atoms with E-state index in [1.165, 1.54) is 9.87 Å². The van der Waals surface area contributed by atoms with Gasteiger partial charge < -0.3 is 0 Å². The minimum absolute atomic E-state index is 0.219. The number of hydrogen-bond acceptors (Lipinski definition) is 4. The van der Waals surface area contributed by atoms with Gasteiger partial charge in [0.15, 0.2) is 0 Å². The van der Waals surface area contributed by atoms with Crippen molar-refractivity contribution in [3.05, 3.63) is 29.3 Å². The van der Waals surface area contributed by atoms with Crippen LogP contribution in [0.25, 0.3) is 0 Å². The number of benzene rings is 1. The van der Waals surface area contributed by atoms with E-state index < -0.39 is 10.0 Å². The van der Waals surface area contributed by atoms with Crippen LogP contribution in [-0.4, -0.2) is 37.6 Å². The Morgan fingerprint density at radius 1 is 1.04 bits per heavy atom. The van der Waals surface area contributed by atoms with Crippen LogP contribution in [0.2, 0.25) is 0 Å². The minimum Gasteiger partial charge on any atom is -0.273 e. The lowest BCUT2D eigenvalue weighted by Crippen LogP contribution is -2.49. The average molecular weight is 408 g/mol. The number of sulfonamides is 1. The van der Waals surface area contributed by atoms with Gasteiger partial charge >= 0.3 is 0 Å². The molecule has 0 atom stereocenters. The molecule has 0 bridgehead atoms. The molecule has 0 radical (unpaired) electrons. The van der Waals surface area contributed by atoms with E-state index in [9.17, 15) is 18.0 Å². The Morgan fingerprint density at radius 3 is 2.32 bits per heavy atom. The van der Waals surface area contributed by atoms with Gasteiger partial charge in [-0.15, -0.1) is 0 Å². The number of hydrazine groups is 1. The zero-order valence-electron chi connectivity index (χ0n) is 16.5. The number of nitrogens with one attached hydrogen (secondary N) is 2. The first-order chi connectivity index (χ1) is 13.3. The molecule has 28 heavy (non-hydrogen) atoms. The lowest BCUT2D eigenvalue weighted by molar-refractivity contribution is -0.133. The molecule has 0 aromatic heterocycles. The minimum atomic E-state index is -3.55. The number of rotatable bonds is 4. The fourth-order valence-electron chi connectivity index (χ4n) is 3.75. The van der Waals surface area contributed by atoms with Crippen molar-refractivity contribution in [2.24, 2.45) is 11.8 Å². The molecule has 2 aliphatic rings. The fraction of sp³-hybridized carbons (Fsp3) is 0.600. The maximum Gasteiger partial charge on any atom is 0.243 e. The highest BCUT2D eigenvalue weighted by molar-refractivity contribution is 7.89. The molecule has 1 saturated heterocycles. The Morgan fingerprint density at radius 2 is 1.68 bits per heavy atom. The smallest absolute Gasteiger partial charge is 0.243 e. The van der Waals surface area contributed by atoms with Gasteiger partial charge in [-0.05, 0) is 61.8 Å². The van der Waals surface area contributed by atoms with E-state index in [1.54, 1.807) is 19.9 Å². The number of piperidine rings is 1. The van der Waals surface area contributed by atoms with E-state index >= 15 is 0 Å². The number of nitrogens with zero attached hydrogens (tertiary/aromatic N) is 1. The van der Waals surface area contributed by atoms with Gasteiger partial charge in [0.1, 0.15) is 0 Å². The highest BCUT2D eigenvalue weighted by Crippen LogP contribution is 2.28. The second-order valence-electron chi connectivity index (χ2n) is 7.95. The molecular formula is C20H29N3O4S. The third kappa shape index (κ3) is 4.55. The van der Waals surface area contributed by atoms with E-state index in [-0.39, 0.29) is 23.7 Å². The summed E-state index contributed by atoms with van der Waals surface area (Å²) in [5.74, 6) is -1.04. The van der Waals surface area contributed by atoms with Gasteiger partial charge in [0.2, 0.25) is 21.8 Å². The van der Waals surface area contributed by atoms with E-state index in [4.69, 9.17) is 0 Å². The molecule has 3 rings (SSSR count). The average Bonchev–Trinajstić information content (AvgIpc) is 2.71. The second-order valence-corrected chi connectivity index (χ2v) is 9.89. The van der Waals surface area contributed by atoms with Crippen molar-refractivity contribution < 1.29 is 18.0 Å². The third-order valence-electron chi connectivity index (χ3n) is 5.62. The monoisotopic (exact) mass is 407 g/mol. The van der Waals surface area contributed by atoms with Crippen LogP contribution < -0.4 is 10.9 Å². The highest BCUT2D eigenvalue weighted by Gasteiger charge is 2.32. The lowest BCUT2D eigenvalue weighted by Gasteiger charge is -2.31. The van der Waals surface area contributed by atoms with E-state index in [1.807, 2.05) is 12.1 Å². The molecule has 1 aliphatic carbocycles. The Hall–Kier alpha value is -1.93. The summed E-state index contributed by atoms with van der Waals surface area (Å²) in [7, 11) is -3.55. The number of hydrogen-bond donors (Lipinski definition) is 2. The number of fused-ring (bicyclic) bond motifs is 1. The van der Waals surface area contributed by atoms with Crippen LogP contribution in [0.1, 0.15) is 50.7 Å². The highest BCUT2D eigenvalue weighted by atomic mass is 32.2. The van der Waals surface area contributed by atoms with Crippen molar-refractivity contribution in [1.29, 1.82) is 0 Å². The Labute approximate surface area is 166 Å². The molecular weight excluding hydrogens is 378 g/mol. The standard InChI is InChI=1S/C20H29N3O4S/c1-14(2)19(24)21-22-20(25)16-9-11-23(12-10-16)28(26,27)18-8-7-15-5-3-4-6-17(15)13-18/h7-8,13-14,16H,3-6,9-12H2,1-2H3,(H,21,24)(H,22,25). The summed E-state index contributed by atoms with van der Waals surface area (Å²) >= 11 is 0. The van der Waals surface area contributed by atoms with Crippen LogP contribution in [0.4, 0.5) is 0 Å². The Kier molecular flexibility index (Phi) is 6.40. The molecule has 2 amide bonds. The normalized spacial score (nSPS) is 18.5. The van der Waals surface area contributed by atoms with Crippen LogP contribution in [0.3, 0.4) is 0 Å². The molecule has 0 unspecified atom stereocenters. The first-order valence-electron chi connectivity index (χ1n) is 10.0. The fourth-order valence-corrected chi connectivity index (χ4v) is 5.27. The Bertz CT molecular complexity index is 843. The van der Waals surface area contributed by atoms with Gasteiger partial charge in [0.05, 0.1) is 4.90 Å². The van der Waals surface area contributed by atoms with Crippen molar-refractivity contribution in [3.8, 4) is 0 Å². The zero-order chi connectivity index (χ0) is 20.3. The maximum atomic E-state index is 13.0. The molecule has 1 aromatic carbocycles. The molecule has 1 fully saturated rings. The molecule has 1 aromatic rings. The van der Waals surface area contributed by atoms with Crippen molar-refractivity contribution in [1.82, 2.24) is 15.2 Å². The molecule has 1 heterocycles. The molecule has 0 spiro atoms. The van der Waals surface area contributed by atoms with Gasteiger partial charge in [-0.25, -0.2) is 8.42 Å². The van der Waals surface area contributed by atoms with Gasteiger partial charge in [-0.1, -0.05) is 19.9 Å². The number of carbonyl (C=O) groups excluding carboxylic acids is 2. The van der Waals surface area contributed by atoms with Gasteiger partial charge in [-0.2, -0.15) is 4.31 Å². The summed E-state index contributed by atoms with van der Waals surface area (Å²) in [6.07, 6.45) is 5.09. The predicted octanol–water partition coefficient (Wildman–Crippen LogP) is 1.77. The predicted molar refractivity (Wildman–Crippen MR) is 106 cm³/mol.